The second-order valence-electron chi connectivity index (χ2n) is 7.01. The molecule has 0 aromatic carbocycles. The van der Waals surface area contributed by atoms with Crippen molar-refractivity contribution < 1.29 is 24.2 Å². The van der Waals surface area contributed by atoms with Crippen molar-refractivity contribution in [1.82, 2.24) is 0 Å². The Morgan fingerprint density at radius 3 is 2.86 bits per heavy atom. The molecular formula is C17H22O5. The Hall–Kier alpha value is -1.62. The predicted octanol–water partition coefficient (Wildman–Crippen LogP) is 1.75. The van der Waals surface area contributed by atoms with Crippen molar-refractivity contribution in [2.75, 3.05) is 0 Å². The maximum absolute atomic E-state index is 11.8. The molecule has 0 unspecified atom stereocenters. The number of allylic oxidation sites excluding steroid dienone is 1. The molecular weight excluding hydrogens is 284 g/mol. The van der Waals surface area contributed by atoms with E-state index in [1.807, 2.05) is 13.8 Å². The first-order valence-corrected chi connectivity index (χ1v) is 7.67. The number of aliphatic hydroxyl groups is 1. The zero-order valence-corrected chi connectivity index (χ0v) is 13.2. The van der Waals surface area contributed by atoms with E-state index in [1.54, 1.807) is 6.08 Å². The van der Waals surface area contributed by atoms with E-state index in [0.29, 0.717) is 12.0 Å². The van der Waals surface area contributed by atoms with Gasteiger partial charge in [0.25, 0.3) is 0 Å². The highest BCUT2D eigenvalue weighted by atomic mass is 16.6. The summed E-state index contributed by atoms with van der Waals surface area (Å²) >= 11 is 0. The molecule has 120 valence electrons. The number of hydrogen-bond donors (Lipinski definition) is 1. The molecule has 1 aliphatic heterocycles. The molecule has 0 radical (unpaired) electrons. The quantitative estimate of drug-likeness (QED) is 0.454. The van der Waals surface area contributed by atoms with Crippen molar-refractivity contribution in [2.45, 2.75) is 51.9 Å². The molecule has 0 amide bonds. The van der Waals surface area contributed by atoms with E-state index in [-0.39, 0.29) is 23.9 Å². The number of carbonyl (C=O) groups is 2. The summed E-state index contributed by atoms with van der Waals surface area (Å²) < 4.78 is 10.9. The third-order valence-corrected chi connectivity index (χ3v) is 5.58. The molecule has 3 rings (SSSR count). The minimum absolute atomic E-state index is 0.0159. The summed E-state index contributed by atoms with van der Waals surface area (Å²) in [6.45, 7) is 9.20. The van der Waals surface area contributed by atoms with Crippen molar-refractivity contribution in [3.63, 3.8) is 0 Å². The van der Waals surface area contributed by atoms with Gasteiger partial charge in [0.05, 0.1) is 0 Å². The van der Waals surface area contributed by atoms with Crippen molar-refractivity contribution >= 4 is 11.9 Å². The van der Waals surface area contributed by atoms with Gasteiger partial charge in [-0.05, 0) is 25.7 Å². The van der Waals surface area contributed by atoms with Crippen molar-refractivity contribution in [3.05, 3.63) is 23.8 Å². The van der Waals surface area contributed by atoms with Crippen molar-refractivity contribution in [2.24, 2.45) is 17.3 Å². The van der Waals surface area contributed by atoms with Crippen molar-refractivity contribution in [1.29, 1.82) is 0 Å². The Kier molecular flexibility index (Phi) is 3.44. The van der Waals surface area contributed by atoms with Crippen LogP contribution in [0.5, 0.6) is 0 Å². The summed E-state index contributed by atoms with van der Waals surface area (Å²) in [6, 6.07) is 0. The zero-order valence-electron chi connectivity index (χ0n) is 13.2. The summed E-state index contributed by atoms with van der Waals surface area (Å²) in [5.74, 6) is -0.592. The SMILES string of the molecule is C=C1C(=O)O[C@@H]2C[C@@]3(C)[C@H](C[C@@H]12)C(C)=C[C@H](O)[C@@H]3OC(C)=O. The molecule has 2 aliphatic carbocycles. The lowest BCUT2D eigenvalue weighted by Gasteiger charge is -2.52. The predicted molar refractivity (Wildman–Crippen MR) is 78.7 cm³/mol. The second-order valence-corrected chi connectivity index (χ2v) is 7.01. The van der Waals surface area contributed by atoms with Gasteiger partial charge in [-0.1, -0.05) is 25.2 Å². The Morgan fingerprint density at radius 1 is 1.55 bits per heavy atom. The highest BCUT2D eigenvalue weighted by Crippen LogP contribution is 2.56. The number of rotatable bonds is 1. The fourth-order valence-electron chi connectivity index (χ4n) is 4.51. The topological polar surface area (TPSA) is 72.8 Å². The normalized spacial score (nSPS) is 43.8. The van der Waals surface area contributed by atoms with Crippen LogP contribution in [0, 0.1) is 17.3 Å². The first-order valence-electron chi connectivity index (χ1n) is 7.67. The average Bonchev–Trinajstić information content (AvgIpc) is 2.67. The molecule has 5 heteroatoms. The van der Waals surface area contributed by atoms with Crippen LogP contribution in [0.25, 0.3) is 0 Å². The standard InChI is InChI=1S/C17H22O5/c1-8-5-13(19)15(21-10(3)18)17(4)7-14-11(6-12(8)17)9(2)16(20)22-14/h5,11-15,19H,2,6-7H2,1,3-4H3/t11-,12+,13-,14+,15-,17-/m0/s1. The number of hydrogen-bond acceptors (Lipinski definition) is 5. The maximum atomic E-state index is 11.8. The van der Waals surface area contributed by atoms with Gasteiger partial charge in [0, 0.05) is 23.8 Å². The van der Waals surface area contributed by atoms with Gasteiger partial charge in [0.15, 0.2) is 0 Å². The molecule has 22 heavy (non-hydrogen) atoms. The van der Waals surface area contributed by atoms with Gasteiger partial charge in [-0.15, -0.1) is 0 Å². The Labute approximate surface area is 130 Å². The number of carbonyl (C=O) groups excluding carboxylic acids is 2. The number of fused-ring (bicyclic) bond motifs is 2. The average molecular weight is 306 g/mol. The summed E-state index contributed by atoms with van der Waals surface area (Å²) in [5.41, 5.74) is 1.16. The Morgan fingerprint density at radius 2 is 2.23 bits per heavy atom. The van der Waals surface area contributed by atoms with Gasteiger partial charge in [0.1, 0.15) is 18.3 Å². The van der Waals surface area contributed by atoms with Crippen molar-refractivity contribution in [3.8, 4) is 0 Å². The fraction of sp³-hybridized carbons (Fsp3) is 0.647. The molecule has 0 spiro atoms. The molecule has 6 atom stereocenters. The minimum atomic E-state index is -0.831. The Balaban J connectivity index is 1.98. The third kappa shape index (κ3) is 2.10. The van der Waals surface area contributed by atoms with Gasteiger partial charge in [-0.25, -0.2) is 4.79 Å². The molecule has 2 fully saturated rings. The lowest BCUT2D eigenvalue weighted by molar-refractivity contribution is -0.176. The number of ether oxygens (including phenoxy) is 2. The van der Waals surface area contributed by atoms with Crippen LogP contribution in [0.4, 0.5) is 0 Å². The van der Waals surface area contributed by atoms with E-state index in [1.165, 1.54) is 6.92 Å². The van der Waals surface area contributed by atoms with Crippen LogP contribution < -0.4 is 0 Å². The van der Waals surface area contributed by atoms with E-state index in [9.17, 15) is 14.7 Å². The molecule has 1 heterocycles. The van der Waals surface area contributed by atoms with Crippen LogP contribution in [-0.2, 0) is 19.1 Å². The highest BCUT2D eigenvalue weighted by Gasteiger charge is 2.58. The molecule has 5 nitrogen and oxygen atoms in total. The van der Waals surface area contributed by atoms with Crippen LogP contribution in [0.1, 0.15) is 33.6 Å². The van der Waals surface area contributed by atoms with Gasteiger partial charge < -0.3 is 14.6 Å². The maximum Gasteiger partial charge on any atom is 0.334 e. The van der Waals surface area contributed by atoms with Crippen LogP contribution in [0.3, 0.4) is 0 Å². The molecule has 0 bridgehead atoms. The minimum Gasteiger partial charge on any atom is -0.459 e. The van der Waals surface area contributed by atoms with Gasteiger partial charge >= 0.3 is 11.9 Å². The van der Waals surface area contributed by atoms with Crippen LogP contribution >= 0.6 is 0 Å². The van der Waals surface area contributed by atoms with E-state index < -0.39 is 23.6 Å². The van der Waals surface area contributed by atoms with E-state index in [4.69, 9.17) is 9.47 Å². The summed E-state index contributed by atoms with van der Waals surface area (Å²) in [7, 11) is 0. The second kappa shape index (κ2) is 4.95. The van der Waals surface area contributed by atoms with Gasteiger partial charge in [0.2, 0.25) is 0 Å². The molecule has 1 saturated heterocycles. The van der Waals surface area contributed by atoms with E-state index >= 15 is 0 Å². The zero-order chi connectivity index (χ0) is 16.2. The van der Waals surface area contributed by atoms with E-state index in [0.717, 1.165) is 12.0 Å². The smallest absolute Gasteiger partial charge is 0.334 e. The van der Waals surface area contributed by atoms with Crippen LogP contribution in [0.15, 0.2) is 23.8 Å². The molecule has 1 N–H and O–H groups in total. The lowest BCUT2D eigenvalue weighted by atomic mass is 9.55. The first kappa shape index (κ1) is 15.3. The molecule has 3 aliphatic rings. The Bertz CT molecular complexity index is 578. The first-order chi connectivity index (χ1) is 10.2. The van der Waals surface area contributed by atoms with Crippen LogP contribution in [-0.4, -0.2) is 35.4 Å². The summed E-state index contributed by atoms with van der Waals surface area (Å²) in [5, 5.41) is 10.4. The third-order valence-electron chi connectivity index (χ3n) is 5.58. The highest BCUT2D eigenvalue weighted by molar-refractivity contribution is 5.90. The number of esters is 2. The van der Waals surface area contributed by atoms with Gasteiger partial charge in [-0.3, -0.25) is 4.79 Å². The van der Waals surface area contributed by atoms with Gasteiger partial charge in [-0.2, -0.15) is 0 Å². The summed E-state index contributed by atoms with van der Waals surface area (Å²) in [4.78, 5) is 23.2. The number of aliphatic hydroxyl groups excluding tert-OH is 1. The molecule has 0 aromatic rings. The lowest BCUT2D eigenvalue weighted by Crippen LogP contribution is -2.56. The largest absolute Gasteiger partial charge is 0.459 e. The van der Waals surface area contributed by atoms with Crippen LogP contribution in [0.2, 0.25) is 0 Å². The summed E-state index contributed by atoms with van der Waals surface area (Å²) in [6.07, 6.45) is 1.37. The van der Waals surface area contributed by atoms with E-state index in [2.05, 4.69) is 6.58 Å². The monoisotopic (exact) mass is 306 g/mol. The molecule has 1 saturated carbocycles. The molecule has 0 aromatic heterocycles. The fourth-order valence-corrected chi connectivity index (χ4v) is 4.51.